The van der Waals surface area contributed by atoms with Crippen LogP contribution in [0.3, 0.4) is 0 Å². The van der Waals surface area contributed by atoms with Crippen molar-refractivity contribution in [3.63, 3.8) is 0 Å². The number of carbonyl (C=O) groups is 1. The van der Waals surface area contributed by atoms with Crippen LogP contribution in [0.15, 0.2) is 76.6 Å². The lowest BCUT2D eigenvalue weighted by molar-refractivity contribution is 0.102. The lowest BCUT2D eigenvalue weighted by atomic mass is 10.1. The number of carbonyl (C=O) groups excluding carboxylic acids is 1. The van der Waals surface area contributed by atoms with Crippen molar-refractivity contribution in [1.29, 1.82) is 0 Å². The van der Waals surface area contributed by atoms with Gasteiger partial charge < -0.3 is 0 Å². The highest BCUT2D eigenvalue weighted by atomic mass is 79.9. The maximum absolute atomic E-state index is 12.5. The normalized spacial score (nSPS) is 10.7. The van der Waals surface area contributed by atoms with Gasteiger partial charge in [0.25, 0.3) is 5.91 Å². The van der Waals surface area contributed by atoms with E-state index in [1.54, 1.807) is 23.5 Å². The van der Waals surface area contributed by atoms with Crippen molar-refractivity contribution < 1.29 is 4.79 Å². The molecule has 0 atom stereocenters. The second kappa shape index (κ2) is 7.53. The molecule has 0 aliphatic rings. The van der Waals surface area contributed by atoms with Crippen LogP contribution in [-0.2, 0) is 0 Å². The summed E-state index contributed by atoms with van der Waals surface area (Å²) in [5.74, 6) is -0.169. The molecule has 2 aromatic heterocycles. The molecule has 0 aliphatic carbocycles. The van der Waals surface area contributed by atoms with Crippen LogP contribution < -0.4 is 5.32 Å². The van der Waals surface area contributed by atoms with E-state index in [0.29, 0.717) is 10.7 Å². The number of aromatic nitrogens is 1. The maximum Gasteiger partial charge on any atom is 0.257 e. The summed E-state index contributed by atoms with van der Waals surface area (Å²) in [6.07, 6.45) is 0. The minimum atomic E-state index is -0.169. The molecule has 1 amide bonds. The van der Waals surface area contributed by atoms with Crippen molar-refractivity contribution >= 4 is 49.6 Å². The Labute approximate surface area is 167 Å². The molecule has 0 saturated heterocycles. The monoisotopic (exact) mass is 440 g/mol. The third kappa shape index (κ3) is 3.62. The standard InChI is InChI=1S/C20H13BrN2OS2/c21-15-9-4-8-14(12-15)19(24)23-20-22-17(16-10-5-11-25-16)18(26-20)13-6-2-1-3-7-13/h1-12H,(H,22,23,24). The Hall–Kier alpha value is -2.28. The molecular formula is C20H13BrN2OS2. The molecule has 0 radical (unpaired) electrons. The quantitative estimate of drug-likeness (QED) is 0.390. The van der Waals surface area contributed by atoms with Crippen LogP contribution in [0.1, 0.15) is 10.4 Å². The zero-order valence-corrected chi connectivity index (χ0v) is 16.7. The van der Waals surface area contributed by atoms with E-state index in [2.05, 4.69) is 33.4 Å². The van der Waals surface area contributed by atoms with Crippen molar-refractivity contribution in [2.45, 2.75) is 0 Å². The molecule has 26 heavy (non-hydrogen) atoms. The summed E-state index contributed by atoms with van der Waals surface area (Å²) in [7, 11) is 0. The Morgan fingerprint density at radius 2 is 1.85 bits per heavy atom. The molecule has 6 heteroatoms. The Morgan fingerprint density at radius 1 is 1.00 bits per heavy atom. The molecule has 128 valence electrons. The van der Waals surface area contributed by atoms with Crippen molar-refractivity contribution in [1.82, 2.24) is 4.98 Å². The first kappa shape index (κ1) is 17.1. The van der Waals surface area contributed by atoms with Gasteiger partial charge >= 0.3 is 0 Å². The summed E-state index contributed by atoms with van der Waals surface area (Å²) in [5, 5.41) is 5.56. The Morgan fingerprint density at radius 3 is 2.58 bits per heavy atom. The molecule has 0 fully saturated rings. The van der Waals surface area contributed by atoms with Crippen molar-refractivity contribution in [3.05, 3.63) is 82.1 Å². The molecule has 0 spiro atoms. The van der Waals surface area contributed by atoms with E-state index in [0.717, 1.165) is 25.5 Å². The van der Waals surface area contributed by atoms with E-state index >= 15 is 0 Å². The van der Waals surface area contributed by atoms with Crippen molar-refractivity contribution in [2.75, 3.05) is 5.32 Å². The number of hydrogen-bond donors (Lipinski definition) is 1. The lowest BCUT2D eigenvalue weighted by Gasteiger charge is -2.01. The zero-order chi connectivity index (χ0) is 17.9. The number of benzene rings is 2. The number of nitrogens with zero attached hydrogens (tertiary/aromatic N) is 1. The number of halogens is 1. The summed E-state index contributed by atoms with van der Waals surface area (Å²) >= 11 is 6.53. The first-order valence-corrected chi connectivity index (χ1v) is 10.4. The zero-order valence-electron chi connectivity index (χ0n) is 13.5. The van der Waals surface area contributed by atoms with E-state index in [9.17, 15) is 4.79 Å². The van der Waals surface area contributed by atoms with Crippen molar-refractivity contribution in [3.8, 4) is 21.0 Å². The van der Waals surface area contributed by atoms with Gasteiger partial charge in [-0.25, -0.2) is 4.98 Å². The van der Waals surface area contributed by atoms with Gasteiger partial charge in [0, 0.05) is 10.0 Å². The highest BCUT2D eigenvalue weighted by Gasteiger charge is 2.17. The fourth-order valence-corrected chi connectivity index (χ4v) is 4.70. The van der Waals surface area contributed by atoms with E-state index < -0.39 is 0 Å². The Bertz CT molecular complexity index is 1040. The molecule has 0 bridgehead atoms. The fraction of sp³-hybridized carbons (Fsp3) is 0. The smallest absolute Gasteiger partial charge is 0.257 e. The number of thiazole rings is 1. The number of thiophene rings is 1. The largest absolute Gasteiger partial charge is 0.298 e. The molecular weight excluding hydrogens is 428 g/mol. The summed E-state index contributed by atoms with van der Waals surface area (Å²) in [6, 6.07) is 21.5. The number of amides is 1. The summed E-state index contributed by atoms with van der Waals surface area (Å²) < 4.78 is 0.869. The van der Waals surface area contributed by atoms with Crippen LogP contribution >= 0.6 is 38.6 Å². The second-order valence-electron chi connectivity index (χ2n) is 5.50. The van der Waals surface area contributed by atoms with E-state index in [1.807, 2.05) is 47.8 Å². The third-order valence-corrected chi connectivity index (χ3v) is 6.11. The molecule has 4 aromatic rings. The molecule has 0 unspecified atom stereocenters. The molecule has 1 N–H and O–H groups in total. The molecule has 2 aromatic carbocycles. The number of anilines is 1. The van der Waals surface area contributed by atoms with Gasteiger partial charge in [0.15, 0.2) is 5.13 Å². The van der Waals surface area contributed by atoms with Crippen LogP contribution in [0.5, 0.6) is 0 Å². The van der Waals surface area contributed by atoms with Gasteiger partial charge in [0.1, 0.15) is 5.69 Å². The van der Waals surface area contributed by atoms with Gasteiger partial charge in [0.05, 0.1) is 9.75 Å². The van der Waals surface area contributed by atoms with Crippen LogP contribution in [0.4, 0.5) is 5.13 Å². The van der Waals surface area contributed by atoms with Gasteiger partial charge in [-0.2, -0.15) is 0 Å². The van der Waals surface area contributed by atoms with Gasteiger partial charge in [-0.1, -0.05) is 69.7 Å². The molecule has 4 rings (SSSR count). The second-order valence-corrected chi connectivity index (χ2v) is 8.37. The van der Waals surface area contributed by atoms with Crippen LogP contribution in [0, 0.1) is 0 Å². The van der Waals surface area contributed by atoms with Crippen molar-refractivity contribution in [2.24, 2.45) is 0 Å². The van der Waals surface area contributed by atoms with Gasteiger partial charge in [-0.15, -0.1) is 11.3 Å². The number of rotatable bonds is 4. The highest BCUT2D eigenvalue weighted by molar-refractivity contribution is 9.10. The van der Waals surface area contributed by atoms with E-state index in [1.165, 1.54) is 11.3 Å². The SMILES string of the molecule is O=C(Nc1nc(-c2cccs2)c(-c2ccccc2)s1)c1cccc(Br)c1. The van der Waals surface area contributed by atoms with Crippen LogP contribution in [0.2, 0.25) is 0 Å². The molecule has 2 heterocycles. The minimum absolute atomic E-state index is 0.169. The summed E-state index contributed by atoms with van der Waals surface area (Å²) in [4.78, 5) is 19.4. The average Bonchev–Trinajstić information content (AvgIpc) is 3.32. The van der Waals surface area contributed by atoms with Crippen LogP contribution in [-0.4, -0.2) is 10.9 Å². The maximum atomic E-state index is 12.5. The average molecular weight is 441 g/mol. The Kier molecular flexibility index (Phi) is 4.97. The Balaban J connectivity index is 1.70. The van der Waals surface area contributed by atoms with Gasteiger partial charge in [-0.05, 0) is 35.2 Å². The lowest BCUT2D eigenvalue weighted by Crippen LogP contribution is -2.11. The van der Waals surface area contributed by atoms with Gasteiger partial charge in [0.2, 0.25) is 0 Å². The number of hydrogen-bond acceptors (Lipinski definition) is 4. The van der Waals surface area contributed by atoms with Gasteiger partial charge in [-0.3, -0.25) is 10.1 Å². The first-order chi connectivity index (χ1) is 12.7. The fourth-order valence-electron chi connectivity index (χ4n) is 2.54. The number of nitrogens with one attached hydrogen (secondary N) is 1. The first-order valence-electron chi connectivity index (χ1n) is 7.88. The minimum Gasteiger partial charge on any atom is -0.298 e. The highest BCUT2D eigenvalue weighted by Crippen LogP contribution is 2.40. The predicted octanol–water partition coefficient (Wildman–Crippen LogP) is 6.55. The van der Waals surface area contributed by atoms with E-state index in [4.69, 9.17) is 4.98 Å². The van der Waals surface area contributed by atoms with E-state index in [-0.39, 0.29) is 5.91 Å². The third-order valence-electron chi connectivity index (χ3n) is 3.72. The summed E-state index contributed by atoms with van der Waals surface area (Å²) in [6.45, 7) is 0. The molecule has 0 aliphatic heterocycles. The molecule has 0 saturated carbocycles. The summed E-state index contributed by atoms with van der Waals surface area (Å²) in [5.41, 5.74) is 2.59. The topological polar surface area (TPSA) is 42.0 Å². The molecule has 3 nitrogen and oxygen atoms in total. The predicted molar refractivity (Wildman–Crippen MR) is 113 cm³/mol. The van der Waals surface area contributed by atoms with Crippen LogP contribution in [0.25, 0.3) is 21.0 Å².